The third kappa shape index (κ3) is 3.72. The predicted octanol–water partition coefficient (Wildman–Crippen LogP) is 3.59. The molecule has 1 amide bonds. The van der Waals surface area contributed by atoms with Crippen molar-refractivity contribution in [3.05, 3.63) is 47.8 Å². The molecule has 0 saturated carbocycles. The second-order valence-corrected chi connectivity index (χ2v) is 7.36. The van der Waals surface area contributed by atoms with Crippen LogP contribution in [0.1, 0.15) is 36.3 Å². The number of methoxy groups -OCH3 is 1. The van der Waals surface area contributed by atoms with Gasteiger partial charge in [0.1, 0.15) is 17.0 Å². The van der Waals surface area contributed by atoms with Crippen molar-refractivity contribution in [2.75, 3.05) is 20.2 Å². The van der Waals surface area contributed by atoms with Crippen molar-refractivity contribution < 1.29 is 23.0 Å². The molecule has 1 aromatic carbocycles. The molecule has 0 N–H and O–H groups in total. The summed E-state index contributed by atoms with van der Waals surface area (Å²) in [5.74, 6) is 0.344. The lowest BCUT2D eigenvalue weighted by Gasteiger charge is -2.35. The van der Waals surface area contributed by atoms with E-state index in [4.69, 9.17) is 9.47 Å². The third-order valence-electron chi connectivity index (χ3n) is 5.05. The van der Waals surface area contributed by atoms with E-state index in [2.05, 4.69) is 10.1 Å². The van der Waals surface area contributed by atoms with E-state index in [1.807, 2.05) is 13.8 Å². The first-order valence-electron chi connectivity index (χ1n) is 9.63. The summed E-state index contributed by atoms with van der Waals surface area (Å²) in [5, 5.41) is 4.03. The minimum Gasteiger partial charge on any atom is -0.497 e. The van der Waals surface area contributed by atoms with Crippen LogP contribution in [0, 0.1) is 0 Å². The molecule has 0 radical (unpaired) electrons. The Bertz CT molecular complexity index is 1060. The molecule has 0 bridgehead atoms. The normalized spacial score (nSPS) is 19.5. The molecule has 3 heterocycles. The first-order valence-corrected chi connectivity index (χ1v) is 9.63. The SMILES string of the molecule is COc1ccc(-c2cc(C(F)F)n3ncc(C(=O)N4C[C@@H](C)O[C@H](C)C4)c3n2)cc1. The van der Waals surface area contributed by atoms with Gasteiger partial charge in [-0.2, -0.15) is 5.10 Å². The Morgan fingerprint density at radius 3 is 2.47 bits per heavy atom. The number of fused-ring (bicyclic) bond motifs is 1. The van der Waals surface area contributed by atoms with E-state index in [1.165, 1.54) is 12.3 Å². The average Bonchev–Trinajstić information content (AvgIpc) is 3.15. The Labute approximate surface area is 172 Å². The van der Waals surface area contributed by atoms with E-state index in [9.17, 15) is 13.6 Å². The third-order valence-corrected chi connectivity index (χ3v) is 5.05. The molecule has 2 atom stereocenters. The van der Waals surface area contributed by atoms with Gasteiger partial charge >= 0.3 is 0 Å². The number of halogens is 2. The van der Waals surface area contributed by atoms with Crippen molar-refractivity contribution in [3.63, 3.8) is 0 Å². The van der Waals surface area contributed by atoms with Gasteiger partial charge in [-0.05, 0) is 44.2 Å². The summed E-state index contributed by atoms with van der Waals surface area (Å²) in [4.78, 5) is 19.3. The van der Waals surface area contributed by atoms with Crippen LogP contribution >= 0.6 is 0 Å². The Balaban J connectivity index is 1.79. The molecule has 158 valence electrons. The number of alkyl halides is 2. The first kappa shape index (κ1) is 20.2. The monoisotopic (exact) mass is 416 g/mol. The van der Waals surface area contributed by atoms with Crippen molar-refractivity contribution in [2.45, 2.75) is 32.5 Å². The van der Waals surface area contributed by atoms with Gasteiger partial charge in [-0.25, -0.2) is 18.3 Å². The quantitative estimate of drug-likeness (QED) is 0.650. The van der Waals surface area contributed by atoms with Gasteiger partial charge in [-0.1, -0.05) is 0 Å². The van der Waals surface area contributed by atoms with Crippen LogP contribution in [0.25, 0.3) is 16.9 Å². The zero-order chi connectivity index (χ0) is 21.4. The van der Waals surface area contributed by atoms with E-state index in [1.54, 1.807) is 36.3 Å². The molecular formula is C21H22F2N4O3. The Morgan fingerprint density at radius 1 is 1.20 bits per heavy atom. The number of carbonyl (C=O) groups excluding carboxylic acids is 1. The van der Waals surface area contributed by atoms with Crippen LogP contribution in [-0.4, -0.2) is 57.8 Å². The second kappa shape index (κ2) is 7.98. The largest absolute Gasteiger partial charge is 0.497 e. The molecule has 0 unspecified atom stereocenters. The number of nitrogens with zero attached hydrogens (tertiary/aromatic N) is 4. The van der Waals surface area contributed by atoms with Gasteiger partial charge in [-0.15, -0.1) is 0 Å². The van der Waals surface area contributed by atoms with Crippen LogP contribution < -0.4 is 4.74 Å². The standard InChI is InChI=1S/C21H22F2N4O3/c1-12-10-26(11-13(2)30-12)21(28)16-9-24-27-18(19(22)23)8-17(25-20(16)27)14-4-6-15(29-3)7-5-14/h4-9,12-13,19H,10-11H2,1-3H3/t12-,13-/m1/s1. The summed E-state index contributed by atoms with van der Waals surface area (Å²) in [6.45, 7) is 4.61. The smallest absolute Gasteiger partial charge is 0.280 e. The Kier molecular flexibility index (Phi) is 5.38. The van der Waals surface area contributed by atoms with Crippen LogP contribution in [0.5, 0.6) is 5.75 Å². The van der Waals surface area contributed by atoms with Gasteiger partial charge in [0.2, 0.25) is 0 Å². The van der Waals surface area contributed by atoms with E-state index < -0.39 is 6.43 Å². The molecule has 9 heteroatoms. The number of aromatic nitrogens is 3. The number of rotatable bonds is 4. The van der Waals surface area contributed by atoms with Crippen LogP contribution in [0.3, 0.4) is 0 Å². The van der Waals surface area contributed by atoms with Crippen LogP contribution in [-0.2, 0) is 4.74 Å². The fourth-order valence-electron chi connectivity index (χ4n) is 3.72. The number of amides is 1. The highest BCUT2D eigenvalue weighted by Crippen LogP contribution is 2.28. The van der Waals surface area contributed by atoms with Gasteiger partial charge < -0.3 is 14.4 Å². The zero-order valence-corrected chi connectivity index (χ0v) is 16.9. The average molecular weight is 416 g/mol. The zero-order valence-electron chi connectivity index (χ0n) is 16.9. The predicted molar refractivity (Wildman–Crippen MR) is 106 cm³/mol. The summed E-state index contributed by atoms with van der Waals surface area (Å²) < 4.78 is 39.4. The van der Waals surface area contributed by atoms with Crippen LogP contribution in [0.2, 0.25) is 0 Å². The lowest BCUT2D eigenvalue weighted by atomic mass is 10.1. The Morgan fingerprint density at radius 2 is 1.87 bits per heavy atom. The molecule has 3 aromatic rings. The summed E-state index contributed by atoms with van der Waals surface area (Å²) in [7, 11) is 1.55. The highest BCUT2D eigenvalue weighted by molar-refractivity contribution is 6.00. The lowest BCUT2D eigenvalue weighted by molar-refractivity contribution is -0.0585. The van der Waals surface area contributed by atoms with Gasteiger partial charge in [0.25, 0.3) is 12.3 Å². The van der Waals surface area contributed by atoms with E-state index in [-0.39, 0.29) is 35.0 Å². The number of carbonyl (C=O) groups is 1. The molecule has 1 fully saturated rings. The molecule has 2 aromatic heterocycles. The molecule has 4 rings (SSSR count). The molecular weight excluding hydrogens is 394 g/mol. The lowest BCUT2D eigenvalue weighted by Crippen LogP contribution is -2.48. The summed E-state index contributed by atoms with van der Waals surface area (Å²) in [5.41, 5.74) is 0.935. The summed E-state index contributed by atoms with van der Waals surface area (Å²) in [6.07, 6.45) is -1.70. The summed E-state index contributed by atoms with van der Waals surface area (Å²) >= 11 is 0. The molecule has 1 saturated heterocycles. The number of morpholine rings is 1. The summed E-state index contributed by atoms with van der Waals surface area (Å²) in [6, 6.07) is 8.20. The van der Waals surface area contributed by atoms with Crippen molar-refractivity contribution in [1.29, 1.82) is 0 Å². The minimum absolute atomic E-state index is 0.107. The number of benzene rings is 1. The maximum atomic E-state index is 13.8. The highest BCUT2D eigenvalue weighted by Gasteiger charge is 2.29. The van der Waals surface area contributed by atoms with E-state index >= 15 is 0 Å². The number of ether oxygens (including phenoxy) is 2. The second-order valence-electron chi connectivity index (χ2n) is 7.36. The van der Waals surface area contributed by atoms with Crippen molar-refractivity contribution in [3.8, 4) is 17.0 Å². The van der Waals surface area contributed by atoms with E-state index in [0.29, 0.717) is 30.1 Å². The van der Waals surface area contributed by atoms with E-state index in [0.717, 1.165) is 4.52 Å². The maximum absolute atomic E-state index is 13.8. The highest BCUT2D eigenvalue weighted by atomic mass is 19.3. The minimum atomic E-state index is -2.78. The fourth-order valence-corrected chi connectivity index (χ4v) is 3.72. The maximum Gasteiger partial charge on any atom is 0.280 e. The topological polar surface area (TPSA) is 69.0 Å². The molecule has 0 aliphatic carbocycles. The molecule has 7 nitrogen and oxygen atoms in total. The fraction of sp³-hybridized carbons (Fsp3) is 0.381. The Hall–Kier alpha value is -3.07. The molecule has 1 aliphatic heterocycles. The van der Waals surface area contributed by atoms with Crippen LogP contribution in [0.15, 0.2) is 36.5 Å². The number of hydrogen-bond acceptors (Lipinski definition) is 5. The van der Waals surface area contributed by atoms with Crippen molar-refractivity contribution >= 4 is 11.6 Å². The van der Waals surface area contributed by atoms with Gasteiger partial charge in [0.05, 0.1) is 31.2 Å². The van der Waals surface area contributed by atoms with Gasteiger partial charge in [0.15, 0.2) is 5.65 Å². The molecule has 0 spiro atoms. The van der Waals surface area contributed by atoms with Gasteiger partial charge in [-0.3, -0.25) is 4.79 Å². The molecule has 30 heavy (non-hydrogen) atoms. The van der Waals surface area contributed by atoms with Gasteiger partial charge in [0, 0.05) is 18.7 Å². The molecule has 1 aliphatic rings. The first-order chi connectivity index (χ1) is 14.4. The van der Waals surface area contributed by atoms with Crippen LogP contribution in [0.4, 0.5) is 8.78 Å². The van der Waals surface area contributed by atoms with Crippen molar-refractivity contribution in [2.24, 2.45) is 0 Å². The van der Waals surface area contributed by atoms with Crippen molar-refractivity contribution in [1.82, 2.24) is 19.5 Å². The number of hydrogen-bond donors (Lipinski definition) is 0.